The Morgan fingerprint density at radius 3 is 2.52 bits per heavy atom. The Kier molecular flexibility index (Phi) is 3.18. The minimum absolute atomic E-state index is 0.00330. The summed E-state index contributed by atoms with van der Waals surface area (Å²) < 4.78 is 5.16. The molecule has 2 saturated carbocycles. The van der Waals surface area contributed by atoms with Crippen LogP contribution in [0.5, 0.6) is 5.75 Å². The number of benzene rings is 1. The van der Waals surface area contributed by atoms with Crippen molar-refractivity contribution in [3.8, 4) is 5.75 Å². The molecule has 5 rings (SSSR count). The largest absolute Gasteiger partial charge is 0.497 e. The fourth-order valence-corrected chi connectivity index (χ4v) is 4.50. The van der Waals surface area contributed by atoms with Gasteiger partial charge < -0.3 is 15.2 Å². The lowest BCUT2D eigenvalue weighted by Gasteiger charge is -2.41. The van der Waals surface area contributed by atoms with E-state index in [4.69, 9.17) is 4.74 Å². The third kappa shape index (κ3) is 2.22. The van der Waals surface area contributed by atoms with E-state index in [9.17, 15) is 14.7 Å². The summed E-state index contributed by atoms with van der Waals surface area (Å²) in [6.07, 6.45) is 5.14. The van der Waals surface area contributed by atoms with E-state index >= 15 is 0 Å². The van der Waals surface area contributed by atoms with Crippen LogP contribution in [0.3, 0.4) is 0 Å². The van der Waals surface area contributed by atoms with E-state index < -0.39 is 17.8 Å². The molecule has 0 aliphatic heterocycles. The van der Waals surface area contributed by atoms with Gasteiger partial charge in [0.2, 0.25) is 5.91 Å². The Morgan fingerprint density at radius 2 is 1.87 bits per heavy atom. The van der Waals surface area contributed by atoms with Gasteiger partial charge in [-0.05, 0) is 42.2 Å². The van der Waals surface area contributed by atoms with Crippen molar-refractivity contribution < 1.29 is 19.4 Å². The van der Waals surface area contributed by atoms with Gasteiger partial charge in [-0.2, -0.15) is 0 Å². The number of carbonyl (C=O) groups is 2. The molecule has 1 aromatic rings. The van der Waals surface area contributed by atoms with Crippen molar-refractivity contribution in [2.45, 2.75) is 6.42 Å². The first kappa shape index (κ1) is 14.3. The number of carboxylic acids is 1. The van der Waals surface area contributed by atoms with E-state index in [1.165, 1.54) is 0 Å². The maximum Gasteiger partial charge on any atom is 0.307 e. The Balaban J connectivity index is 1.59. The number of carboxylic acid groups (broad SMARTS) is 1. The average molecular weight is 313 g/mol. The number of fused-ring (bicyclic) bond motifs is 1. The van der Waals surface area contributed by atoms with E-state index in [-0.39, 0.29) is 17.7 Å². The third-order valence-corrected chi connectivity index (χ3v) is 5.58. The predicted molar refractivity (Wildman–Crippen MR) is 84.0 cm³/mol. The number of amides is 1. The van der Waals surface area contributed by atoms with Gasteiger partial charge >= 0.3 is 5.97 Å². The molecular formula is C18H19NO4. The van der Waals surface area contributed by atoms with Gasteiger partial charge in [0.1, 0.15) is 5.75 Å². The molecule has 120 valence electrons. The van der Waals surface area contributed by atoms with Crippen molar-refractivity contribution in [2.24, 2.45) is 35.5 Å². The number of hydrogen-bond acceptors (Lipinski definition) is 3. The fraction of sp³-hybridized carbons (Fsp3) is 0.444. The molecule has 5 heteroatoms. The second-order valence-electron chi connectivity index (χ2n) is 6.71. The van der Waals surface area contributed by atoms with Crippen LogP contribution in [0.15, 0.2) is 36.4 Å². The second kappa shape index (κ2) is 5.11. The molecule has 1 amide bonds. The highest BCUT2D eigenvalue weighted by Gasteiger charge is 2.62. The van der Waals surface area contributed by atoms with E-state index in [1.54, 1.807) is 31.4 Å². The van der Waals surface area contributed by atoms with Crippen LogP contribution in [-0.4, -0.2) is 24.1 Å². The lowest BCUT2D eigenvalue weighted by atomic mass is 9.62. The number of ether oxygens (including phenoxy) is 1. The summed E-state index contributed by atoms with van der Waals surface area (Å²) in [5.74, 6) is -0.494. The van der Waals surface area contributed by atoms with Crippen LogP contribution >= 0.6 is 0 Å². The minimum atomic E-state index is -0.861. The van der Waals surface area contributed by atoms with Gasteiger partial charge in [-0.25, -0.2) is 0 Å². The van der Waals surface area contributed by atoms with Gasteiger partial charge in [0, 0.05) is 11.8 Å². The zero-order chi connectivity index (χ0) is 16.1. The molecule has 23 heavy (non-hydrogen) atoms. The average Bonchev–Trinajstić information content (AvgIpc) is 3.36. The van der Waals surface area contributed by atoms with Gasteiger partial charge in [0.05, 0.1) is 18.9 Å². The highest BCUT2D eigenvalue weighted by atomic mass is 16.5. The molecule has 4 aliphatic carbocycles. The highest BCUT2D eigenvalue weighted by Crippen LogP contribution is 2.63. The smallest absolute Gasteiger partial charge is 0.307 e. The van der Waals surface area contributed by atoms with Gasteiger partial charge in [0.15, 0.2) is 0 Å². The molecule has 0 spiro atoms. The van der Waals surface area contributed by atoms with E-state index in [2.05, 4.69) is 11.4 Å². The number of hydrogen-bond donors (Lipinski definition) is 2. The predicted octanol–water partition coefficient (Wildman–Crippen LogP) is 2.40. The van der Waals surface area contributed by atoms with Crippen molar-refractivity contribution in [3.05, 3.63) is 36.4 Å². The number of rotatable bonds is 4. The summed E-state index contributed by atoms with van der Waals surface area (Å²) in [5, 5.41) is 12.5. The Hall–Kier alpha value is -2.30. The van der Waals surface area contributed by atoms with Crippen molar-refractivity contribution >= 4 is 17.6 Å². The van der Waals surface area contributed by atoms with Crippen LogP contribution in [-0.2, 0) is 9.59 Å². The van der Waals surface area contributed by atoms with Gasteiger partial charge in [0.25, 0.3) is 0 Å². The first-order valence-electron chi connectivity index (χ1n) is 7.96. The topological polar surface area (TPSA) is 75.6 Å². The maximum atomic E-state index is 12.8. The molecular weight excluding hydrogens is 294 g/mol. The molecule has 5 nitrogen and oxygen atoms in total. The lowest BCUT2D eigenvalue weighted by Crippen LogP contribution is -2.48. The zero-order valence-corrected chi connectivity index (χ0v) is 12.8. The van der Waals surface area contributed by atoms with Crippen molar-refractivity contribution in [1.29, 1.82) is 0 Å². The zero-order valence-electron chi connectivity index (χ0n) is 12.8. The van der Waals surface area contributed by atoms with Crippen LogP contribution < -0.4 is 10.1 Å². The third-order valence-electron chi connectivity index (χ3n) is 5.58. The molecule has 0 aromatic heterocycles. The van der Waals surface area contributed by atoms with Crippen LogP contribution in [0.1, 0.15) is 6.42 Å². The Labute approximate surface area is 134 Å². The molecule has 1 aromatic carbocycles. The molecule has 4 aliphatic rings. The maximum absolute atomic E-state index is 12.8. The SMILES string of the molecule is COc1cccc(NC(=O)[C@H]2[C@H]3C=C[C@H]([C@H]4C[C@H]34)[C@@H]2C(=O)O)c1. The standard InChI is InChI=1S/C18H19NO4/c1-23-10-4-2-3-9(7-10)19-17(20)15-11-5-6-12(14-8-13(11)14)16(15)18(21)22/h2-7,11-16H,8H2,1H3,(H,19,20)(H,21,22)/t11-,12+,13+,14+,15-,16-/m0/s1. The highest BCUT2D eigenvalue weighted by molar-refractivity contribution is 5.96. The van der Waals surface area contributed by atoms with Crippen LogP contribution in [0, 0.1) is 35.5 Å². The molecule has 0 unspecified atom stereocenters. The van der Waals surface area contributed by atoms with E-state index in [1.807, 2.05) is 6.08 Å². The summed E-state index contributed by atoms with van der Waals surface area (Å²) in [6.45, 7) is 0. The number of aliphatic carboxylic acids is 1. The van der Waals surface area contributed by atoms with Crippen molar-refractivity contribution in [2.75, 3.05) is 12.4 Å². The van der Waals surface area contributed by atoms with Gasteiger partial charge in [-0.15, -0.1) is 0 Å². The summed E-state index contributed by atoms with van der Waals surface area (Å²) in [4.78, 5) is 24.5. The Morgan fingerprint density at radius 1 is 1.17 bits per heavy atom. The fourth-order valence-electron chi connectivity index (χ4n) is 4.50. The second-order valence-corrected chi connectivity index (χ2v) is 6.71. The Bertz CT molecular complexity index is 698. The minimum Gasteiger partial charge on any atom is -0.497 e. The van der Waals surface area contributed by atoms with Crippen molar-refractivity contribution in [3.63, 3.8) is 0 Å². The van der Waals surface area contributed by atoms with Crippen LogP contribution in [0.25, 0.3) is 0 Å². The normalized spacial score (nSPS) is 36.2. The summed E-state index contributed by atoms with van der Waals surface area (Å²) in [7, 11) is 1.57. The van der Waals surface area contributed by atoms with Crippen molar-refractivity contribution in [1.82, 2.24) is 0 Å². The molecule has 0 radical (unpaired) electrons. The summed E-state index contributed by atoms with van der Waals surface area (Å²) >= 11 is 0. The summed E-state index contributed by atoms with van der Waals surface area (Å²) in [6, 6.07) is 7.13. The number of methoxy groups -OCH3 is 1. The molecule has 2 N–H and O–H groups in total. The van der Waals surface area contributed by atoms with Gasteiger partial charge in [-0.1, -0.05) is 18.2 Å². The first-order chi connectivity index (χ1) is 11.1. The molecule has 2 bridgehead atoms. The molecule has 0 saturated heterocycles. The van der Waals surface area contributed by atoms with Crippen LogP contribution in [0.2, 0.25) is 0 Å². The quantitative estimate of drug-likeness (QED) is 0.837. The summed E-state index contributed by atoms with van der Waals surface area (Å²) in [5.41, 5.74) is 0.635. The van der Waals surface area contributed by atoms with E-state index in [0.29, 0.717) is 23.3 Å². The lowest BCUT2D eigenvalue weighted by molar-refractivity contribution is -0.152. The van der Waals surface area contributed by atoms with E-state index in [0.717, 1.165) is 6.42 Å². The molecule has 2 fully saturated rings. The van der Waals surface area contributed by atoms with Gasteiger partial charge in [-0.3, -0.25) is 9.59 Å². The number of nitrogens with one attached hydrogen (secondary N) is 1. The number of anilines is 1. The number of allylic oxidation sites excluding steroid dienone is 2. The molecule has 0 heterocycles. The van der Waals surface area contributed by atoms with Crippen LogP contribution in [0.4, 0.5) is 5.69 Å². The number of carbonyl (C=O) groups excluding carboxylic acids is 1. The molecule has 6 atom stereocenters. The monoisotopic (exact) mass is 313 g/mol. The first-order valence-corrected chi connectivity index (χ1v) is 7.96.